The third-order valence-electron chi connectivity index (χ3n) is 3.53. The molecule has 0 spiro atoms. The molecule has 0 amide bonds. The standard InChI is InChI=1S/C20H17NSe/c22-20(21-18-12-5-2-6-13-18)19-14-8-7-11-17(19)15-16-9-3-1-4-10-16/h1-14H,15H2,(H,21,22). The summed E-state index contributed by atoms with van der Waals surface area (Å²) in [7, 11) is 0. The molecule has 3 aromatic rings. The summed E-state index contributed by atoms with van der Waals surface area (Å²) in [6, 6.07) is 29.3. The van der Waals surface area contributed by atoms with Gasteiger partial charge in [0.1, 0.15) is 0 Å². The van der Waals surface area contributed by atoms with E-state index in [4.69, 9.17) is 0 Å². The molecule has 22 heavy (non-hydrogen) atoms. The molecule has 0 aliphatic heterocycles. The third-order valence-corrected chi connectivity index (χ3v) is 4.21. The van der Waals surface area contributed by atoms with Crippen LogP contribution < -0.4 is 5.32 Å². The van der Waals surface area contributed by atoms with Crippen molar-refractivity contribution in [3.8, 4) is 0 Å². The van der Waals surface area contributed by atoms with Crippen molar-refractivity contribution in [2.45, 2.75) is 6.42 Å². The Kier molecular flexibility index (Phi) is 4.85. The van der Waals surface area contributed by atoms with Crippen molar-refractivity contribution < 1.29 is 0 Å². The first-order valence-electron chi connectivity index (χ1n) is 7.31. The van der Waals surface area contributed by atoms with E-state index in [9.17, 15) is 0 Å². The molecule has 0 unspecified atom stereocenters. The fourth-order valence-electron chi connectivity index (χ4n) is 2.43. The monoisotopic (exact) mass is 351 g/mol. The molecular weight excluding hydrogens is 333 g/mol. The second-order valence-electron chi connectivity index (χ2n) is 5.14. The van der Waals surface area contributed by atoms with Crippen LogP contribution in [0, 0.1) is 0 Å². The van der Waals surface area contributed by atoms with Crippen LogP contribution in [-0.4, -0.2) is 20.1 Å². The Balaban J connectivity index is 1.83. The first kappa shape index (κ1) is 14.8. The van der Waals surface area contributed by atoms with Gasteiger partial charge in [0.15, 0.2) is 0 Å². The van der Waals surface area contributed by atoms with Crippen LogP contribution in [0.1, 0.15) is 16.7 Å². The van der Waals surface area contributed by atoms with E-state index in [0.29, 0.717) is 0 Å². The predicted octanol–water partition coefficient (Wildman–Crippen LogP) is 4.04. The van der Waals surface area contributed by atoms with E-state index in [-0.39, 0.29) is 0 Å². The summed E-state index contributed by atoms with van der Waals surface area (Å²) in [4.78, 5) is 0. The van der Waals surface area contributed by atoms with E-state index in [2.05, 4.69) is 87.6 Å². The Labute approximate surface area is 139 Å². The van der Waals surface area contributed by atoms with Gasteiger partial charge in [0, 0.05) is 0 Å². The Morgan fingerprint density at radius 3 is 2.05 bits per heavy atom. The van der Waals surface area contributed by atoms with Crippen molar-refractivity contribution in [2.24, 2.45) is 0 Å². The van der Waals surface area contributed by atoms with Crippen LogP contribution in [0.5, 0.6) is 0 Å². The molecule has 108 valence electrons. The summed E-state index contributed by atoms with van der Waals surface area (Å²) in [5.41, 5.74) is 4.94. The zero-order chi connectivity index (χ0) is 15.2. The van der Waals surface area contributed by atoms with E-state index in [1.807, 2.05) is 18.2 Å². The van der Waals surface area contributed by atoms with Crippen LogP contribution in [-0.2, 0) is 6.42 Å². The van der Waals surface area contributed by atoms with Crippen molar-refractivity contribution in [3.05, 3.63) is 102 Å². The van der Waals surface area contributed by atoms with Gasteiger partial charge in [-0.2, -0.15) is 0 Å². The first-order chi connectivity index (χ1) is 10.8. The number of hydrogen-bond acceptors (Lipinski definition) is 1. The number of hydrogen-bond donors (Lipinski definition) is 1. The number of anilines is 1. The summed E-state index contributed by atoms with van der Waals surface area (Å²) in [5, 5.41) is 3.45. The fourth-order valence-corrected chi connectivity index (χ4v) is 3.10. The minimum absolute atomic E-state index is 0.929. The molecule has 0 fully saturated rings. The van der Waals surface area contributed by atoms with E-state index >= 15 is 0 Å². The van der Waals surface area contributed by atoms with Crippen LogP contribution in [0.25, 0.3) is 0 Å². The molecule has 0 saturated heterocycles. The molecule has 2 heteroatoms. The van der Waals surface area contributed by atoms with Crippen molar-refractivity contribution >= 4 is 25.8 Å². The van der Waals surface area contributed by atoms with Gasteiger partial charge in [-0.15, -0.1) is 0 Å². The number of rotatable bonds is 5. The number of para-hydroxylation sites is 1. The topological polar surface area (TPSA) is 12.0 Å². The van der Waals surface area contributed by atoms with Gasteiger partial charge < -0.3 is 0 Å². The van der Waals surface area contributed by atoms with Gasteiger partial charge in [0.05, 0.1) is 0 Å². The molecule has 0 radical (unpaired) electrons. The molecule has 3 rings (SSSR count). The Morgan fingerprint density at radius 2 is 1.32 bits per heavy atom. The van der Waals surface area contributed by atoms with Gasteiger partial charge in [-0.3, -0.25) is 0 Å². The van der Waals surface area contributed by atoms with E-state index < -0.39 is 0 Å². The van der Waals surface area contributed by atoms with Gasteiger partial charge >= 0.3 is 139 Å². The third kappa shape index (κ3) is 3.73. The second-order valence-corrected chi connectivity index (χ2v) is 6.00. The normalized spacial score (nSPS) is 10.2. The van der Waals surface area contributed by atoms with E-state index in [1.165, 1.54) is 16.7 Å². The molecular formula is C20H17NSe. The molecule has 0 aromatic heterocycles. The predicted molar refractivity (Wildman–Crippen MR) is 95.6 cm³/mol. The SMILES string of the molecule is [Se]=C(Nc1ccccc1)c1ccccc1Cc1ccccc1. The van der Waals surface area contributed by atoms with Crippen LogP contribution in [0.4, 0.5) is 5.69 Å². The summed E-state index contributed by atoms with van der Waals surface area (Å²) in [6.07, 6.45) is 0.929. The van der Waals surface area contributed by atoms with Crippen LogP contribution in [0.2, 0.25) is 0 Å². The van der Waals surface area contributed by atoms with Gasteiger partial charge in [-0.25, -0.2) is 0 Å². The van der Waals surface area contributed by atoms with Gasteiger partial charge in [-0.1, -0.05) is 0 Å². The van der Waals surface area contributed by atoms with Crippen molar-refractivity contribution in [2.75, 3.05) is 5.32 Å². The molecule has 1 nitrogen and oxygen atoms in total. The van der Waals surface area contributed by atoms with Crippen molar-refractivity contribution in [3.63, 3.8) is 0 Å². The van der Waals surface area contributed by atoms with Gasteiger partial charge in [0.2, 0.25) is 0 Å². The summed E-state index contributed by atoms with van der Waals surface area (Å²) >= 11 is 3.17. The molecule has 0 atom stereocenters. The summed E-state index contributed by atoms with van der Waals surface area (Å²) < 4.78 is 1.05. The zero-order valence-electron chi connectivity index (χ0n) is 12.2. The summed E-state index contributed by atoms with van der Waals surface area (Å²) in [5.74, 6) is 0. The Bertz CT molecular complexity index is 751. The number of nitrogens with one attached hydrogen (secondary N) is 1. The Morgan fingerprint density at radius 1 is 0.727 bits per heavy atom. The average Bonchev–Trinajstić information content (AvgIpc) is 2.57. The summed E-state index contributed by atoms with van der Waals surface area (Å²) in [6.45, 7) is 0. The molecule has 0 bridgehead atoms. The van der Waals surface area contributed by atoms with Crippen LogP contribution >= 0.6 is 0 Å². The van der Waals surface area contributed by atoms with Crippen LogP contribution in [0.15, 0.2) is 84.9 Å². The van der Waals surface area contributed by atoms with Crippen LogP contribution in [0.3, 0.4) is 0 Å². The van der Waals surface area contributed by atoms with E-state index in [1.54, 1.807) is 0 Å². The maximum atomic E-state index is 3.45. The molecule has 0 saturated carbocycles. The maximum absolute atomic E-state index is 3.45. The minimum atomic E-state index is 0.929. The second kappa shape index (κ2) is 7.22. The zero-order valence-corrected chi connectivity index (χ0v) is 13.9. The van der Waals surface area contributed by atoms with Crippen molar-refractivity contribution in [1.29, 1.82) is 0 Å². The molecule has 0 aliphatic rings. The molecule has 1 N–H and O–H groups in total. The number of benzene rings is 3. The molecule has 0 aliphatic carbocycles. The molecule has 3 aromatic carbocycles. The quantitative estimate of drug-likeness (QED) is 0.685. The van der Waals surface area contributed by atoms with Crippen molar-refractivity contribution in [1.82, 2.24) is 0 Å². The van der Waals surface area contributed by atoms with Gasteiger partial charge in [-0.05, 0) is 0 Å². The fraction of sp³-hybridized carbons (Fsp3) is 0.0500. The first-order valence-corrected chi connectivity index (χ1v) is 8.17. The van der Waals surface area contributed by atoms with Gasteiger partial charge in [0.25, 0.3) is 0 Å². The molecule has 0 heterocycles. The van der Waals surface area contributed by atoms with E-state index in [0.717, 1.165) is 16.6 Å². The Hall–Kier alpha value is -2.15. The average molecular weight is 350 g/mol.